The number of rotatable bonds is 3. The molecule has 1 aromatic rings. The van der Waals surface area contributed by atoms with Crippen LogP contribution in [0.25, 0.3) is 0 Å². The summed E-state index contributed by atoms with van der Waals surface area (Å²) in [6.45, 7) is 0. The Labute approximate surface area is 80.0 Å². The highest BCUT2D eigenvalue weighted by molar-refractivity contribution is 9.08. The number of methoxy groups -OCH3 is 1. The van der Waals surface area contributed by atoms with E-state index in [1.165, 1.54) is 0 Å². The molecule has 0 bridgehead atoms. The molecule has 0 aliphatic rings. The van der Waals surface area contributed by atoms with E-state index in [4.69, 9.17) is 10.6 Å². The van der Waals surface area contributed by atoms with Gasteiger partial charge in [-0.15, -0.1) is 0 Å². The zero-order chi connectivity index (χ0) is 8.97. The number of alkyl halides is 1. The first-order valence-electron chi connectivity index (χ1n) is 3.51. The lowest BCUT2D eigenvalue weighted by Gasteiger charge is -2.08. The Morgan fingerprint density at radius 3 is 2.83 bits per heavy atom. The van der Waals surface area contributed by atoms with Gasteiger partial charge in [0.1, 0.15) is 5.75 Å². The highest BCUT2D eigenvalue weighted by atomic mass is 79.9. The normalized spacial score (nSPS) is 9.58. The summed E-state index contributed by atoms with van der Waals surface area (Å²) in [5.74, 6) is 6.06. The van der Waals surface area contributed by atoms with Crippen molar-refractivity contribution in [2.45, 2.75) is 5.33 Å². The third-order valence-electron chi connectivity index (χ3n) is 1.57. The van der Waals surface area contributed by atoms with Crippen LogP contribution >= 0.6 is 15.9 Å². The van der Waals surface area contributed by atoms with Crippen LogP contribution in [0.3, 0.4) is 0 Å². The number of benzene rings is 1. The van der Waals surface area contributed by atoms with Crippen molar-refractivity contribution in [2.75, 3.05) is 12.5 Å². The lowest BCUT2D eigenvalue weighted by atomic mass is 10.2. The van der Waals surface area contributed by atoms with Gasteiger partial charge >= 0.3 is 0 Å². The Balaban J connectivity index is 3.02. The number of nitrogen functional groups attached to an aromatic ring is 1. The predicted octanol–water partition coefficient (Wildman–Crippen LogP) is 1.88. The Kier molecular flexibility index (Phi) is 3.37. The van der Waals surface area contributed by atoms with Crippen molar-refractivity contribution in [1.29, 1.82) is 0 Å². The van der Waals surface area contributed by atoms with Gasteiger partial charge in [0.25, 0.3) is 0 Å². The first-order chi connectivity index (χ1) is 5.81. The first kappa shape index (κ1) is 9.35. The number of halogens is 1. The molecule has 0 atom stereocenters. The largest absolute Gasteiger partial charge is 0.495 e. The molecular weight excluding hydrogens is 220 g/mol. The van der Waals surface area contributed by atoms with E-state index < -0.39 is 0 Å². The zero-order valence-corrected chi connectivity index (χ0v) is 8.39. The summed E-state index contributed by atoms with van der Waals surface area (Å²) in [5, 5.41) is 0.811. The highest BCUT2D eigenvalue weighted by Gasteiger charge is 2.00. The van der Waals surface area contributed by atoms with E-state index in [1.54, 1.807) is 7.11 Å². The fourth-order valence-electron chi connectivity index (χ4n) is 0.951. The van der Waals surface area contributed by atoms with Gasteiger partial charge < -0.3 is 10.2 Å². The molecule has 1 rings (SSSR count). The molecule has 0 saturated heterocycles. The quantitative estimate of drug-likeness (QED) is 0.474. The molecule has 0 aliphatic heterocycles. The average Bonchev–Trinajstić information content (AvgIpc) is 2.16. The summed E-state index contributed by atoms with van der Waals surface area (Å²) in [6.07, 6.45) is 0. The standard InChI is InChI=1S/C8H11BrN2O/c1-12-8-3-2-6(5-9)4-7(8)11-10/h2-4,11H,5,10H2,1H3. The third kappa shape index (κ3) is 1.89. The van der Waals surface area contributed by atoms with Crippen molar-refractivity contribution in [3.63, 3.8) is 0 Å². The van der Waals surface area contributed by atoms with Crippen LogP contribution in [0.1, 0.15) is 5.56 Å². The van der Waals surface area contributed by atoms with Crippen LogP contribution in [-0.4, -0.2) is 7.11 Å². The minimum atomic E-state index is 0.752. The summed E-state index contributed by atoms with van der Waals surface area (Å²) in [6, 6.07) is 5.80. The molecule has 3 N–H and O–H groups in total. The van der Waals surface area contributed by atoms with Crippen LogP contribution in [0, 0.1) is 0 Å². The van der Waals surface area contributed by atoms with Gasteiger partial charge in [0.05, 0.1) is 12.8 Å². The number of anilines is 1. The second-order valence-electron chi connectivity index (χ2n) is 2.31. The van der Waals surface area contributed by atoms with E-state index >= 15 is 0 Å². The smallest absolute Gasteiger partial charge is 0.143 e. The Morgan fingerprint density at radius 2 is 2.33 bits per heavy atom. The molecule has 0 aliphatic carbocycles. The minimum absolute atomic E-state index is 0.752. The van der Waals surface area contributed by atoms with Gasteiger partial charge in [-0.05, 0) is 17.7 Å². The van der Waals surface area contributed by atoms with E-state index in [9.17, 15) is 0 Å². The van der Waals surface area contributed by atoms with Crippen molar-refractivity contribution in [1.82, 2.24) is 0 Å². The van der Waals surface area contributed by atoms with Gasteiger partial charge in [-0.1, -0.05) is 22.0 Å². The van der Waals surface area contributed by atoms with Gasteiger partial charge in [0.2, 0.25) is 0 Å². The van der Waals surface area contributed by atoms with Crippen LogP contribution in [0.4, 0.5) is 5.69 Å². The third-order valence-corrected chi connectivity index (χ3v) is 2.22. The van der Waals surface area contributed by atoms with Crippen molar-refractivity contribution >= 4 is 21.6 Å². The van der Waals surface area contributed by atoms with Crippen LogP contribution in [0.2, 0.25) is 0 Å². The van der Waals surface area contributed by atoms with E-state index in [2.05, 4.69) is 21.4 Å². The average molecular weight is 231 g/mol. The molecule has 0 amide bonds. The monoisotopic (exact) mass is 230 g/mol. The Bertz CT molecular complexity index is 265. The molecule has 0 heterocycles. The van der Waals surface area contributed by atoms with Gasteiger partial charge in [-0.3, -0.25) is 5.84 Å². The van der Waals surface area contributed by atoms with E-state index in [0.717, 1.165) is 22.3 Å². The number of ether oxygens (including phenoxy) is 1. The van der Waals surface area contributed by atoms with Crippen LogP contribution in [0.15, 0.2) is 18.2 Å². The maximum absolute atomic E-state index is 5.30. The fourth-order valence-corrected chi connectivity index (χ4v) is 1.30. The Hall–Kier alpha value is -0.740. The number of hydrogen-bond donors (Lipinski definition) is 2. The van der Waals surface area contributed by atoms with E-state index in [-0.39, 0.29) is 0 Å². The van der Waals surface area contributed by atoms with Gasteiger partial charge in [-0.25, -0.2) is 0 Å². The van der Waals surface area contributed by atoms with Crippen molar-refractivity contribution in [3.8, 4) is 5.75 Å². The second-order valence-corrected chi connectivity index (χ2v) is 2.87. The lowest BCUT2D eigenvalue weighted by molar-refractivity contribution is 0.416. The highest BCUT2D eigenvalue weighted by Crippen LogP contribution is 2.25. The maximum atomic E-state index is 5.30. The molecule has 0 saturated carbocycles. The predicted molar refractivity (Wildman–Crippen MR) is 53.4 cm³/mol. The van der Waals surface area contributed by atoms with E-state index in [1.807, 2.05) is 18.2 Å². The molecule has 1 aromatic carbocycles. The van der Waals surface area contributed by atoms with Crippen molar-refractivity contribution in [3.05, 3.63) is 23.8 Å². The summed E-state index contributed by atoms with van der Waals surface area (Å²) in [4.78, 5) is 0. The van der Waals surface area contributed by atoms with E-state index in [0.29, 0.717) is 0 Å². The molecule has 4 heteroatoms. The van der Waals surface area contributed by atoms with Crippen LogP contribution in [-0.2, 0) is 5.33 Å². The summed E-state index contributed by atoms with van der Waals surface area (Å²) >= 11 is 3.36. The molecule has 12 heavy (non-hydrogen) atoms. The number of hydrazine groups is 1. The molecule has 0 spiro atoms. The molecule has 0 unspecified atom stereocenters. The Morgan fingerprint density at radius 1 is 1.58 bits per heavy atom. The SMILES string of the molecule is COc1ccc(CBr)cc1NN. The zero-order valence-electron chi connectivity index (χ0n) is 6.80. The molecule has 0 radical (unpaired) electrons. The maximum Gasteiger partial charge on any atom is 0.143 e. The van der Waals surface area contributed by atoms with Crippen molar-refractivity contribution in [2.24, 2.45) is 5.84 Å². The summed E-state index contributed by atoms with van der Waals surface area (Å²) in [7, 11) is 1.62. The van der Waals surface area contributed by atoms with Crippen molar-refractivity contribution < 1.29 is 4.74 Å². The fraction of sp³-hybridized carbons (Fsp3) is 0.250. The molecule has 0 aromatic heterocycles. The van der Waals surface area contributed by atoms with Gasteiger partial charge in [-0.2, -0.15) is 0 Å². The minimum Gasteiger partial charge on any atom is -0.495 e. The lowest BCUT2D eigenvalue weighted by Crippen LogP contribution is -2.08. The first-order valence-corrected chi connectivity index (χ1v) is 4.63. The van der Waals surface area contributed by atoms with Gasteiger partial charge in [0.15, 0.2) is 0 Å². The molecular formula is C8H11BrN2O. The molecule has 0 fully saturated rings. The summed E-state index contributed by atoms with van der Waals surface area (Å²) in [5.41, 5.74) is 4.53. The van der Waals surface area contributed by atoms with Crippen LogP contribution < -0.4 is 16.0 Å². The number of nitrogens with two attached hydrogens (primary N) is 1. The second kappa shape index (κ2) is 4.33. The molecule has 66 valence electrons. The van der Waals surface area contributed by atoms with Crippen LogP contribution in [0.5, 0.6) is 5.75 Å². The number of nitrogens with one attached hydrogen (secondary N) is 1. The molecule has 3 nitrogen and oxygen atoms in total. The van der Waals surface area contributed by atoms with Gasteiger partial charge in [0, 0.05) is 5.33 Å². The topological polar surface area (TPSA) is 47.3 Å². The summed E-state index contributed by atoms with van der Waals surface area (Å²) < 4.78 is 5.08. The number of hydrogen-bond acceptors (Lipinski definition) is 3.